The second-order valence-corrected chi connectivity index (χ2v) is 10.2. The fraction of sp³-hybridized carbons (Fsp3) is 0.258. The van der Waals surface area contributed by atoms with Crippen LogP contribution in [0.3, 0.4) is 0 Å². The summed E-state index contributed by atoms with van der Waals surface area (Å²) in [5, 5.41) is 20.4. The molecule has 1 aliphatic heterocycles. The second kappa shape index (κ2) is 11.8. The van der Waals surface area contributed by atoms with Crippen molar-refractivity contribution in [3.63, 3.8) is 0 Å². The molecule has 1 aliphatic rings. The summed E-state index contributed by atoms with van der Waals surface area (Å²) in [6, 6.07) is 22.5. The number of nitrogens with one attached hydrogen (secondary N) is 1. The molecule has 11 nitrogen and oxygen atoms in total. The van der Waals surface area contributed by atoms with Gasteiger partial charge in [-0.25, -0.2) is 14.6 Å². The number of hydrogen-bond donors (Lipinski definition) is 1. The van der Waals surface area contributed by atoms with E-state index >= 15 is 0 Å². The molecular weight excluding hydrogens is 534 g/mol. The van der Waals surface area contributed by atoms with E-state index in [4.69, 9.17) is 24.5 Å². The van der Waals surface area contributed by atoms with Crippen LogP contribution in [0.1, 0.15) is 24.4 Å². The Bertz CT molecular complexity index is 1720. The molecule has 0 aliphatic carbocycles. The maximum atomic E-state index is 11.5. The van der Waals surface area contributed by atoms with Crippen molar-refractivity contribution >= 4 is 28.2 Å². The number of anilines is 2. The molecule has 42 heavy (non-hydrogen) atoms. The molecule has 0 bridgehead atoms. The molecule has 3 aromatic carbocycles. The fourth-order valence-corrected chi connectivity index (χ4v) is 5.39. The Kier molecular flexibility index (Phi) is 7.65. The molecule has 1 N–H and O–H groups in total. The highest BCUT2D eigenvalue weighted by Gasteiger charge is 2.25. The van der Waals surface area contributed by atoms with Crippen LogP contribution in [0.4, 0.5) is 17.2 Å². The van der Waals surface area contributed by atoms with Gasteiger partial charge in [-0.05, 0) is 30.5 Å². The van der Waals surface area contributed by atoms with Crippen LogP contribution >= 0.6 is 0 Å². The van der Waals surface area contributed by atoms with Crippen LogP contribution < -0.4 is 14.8 Å². The molecule has 0 spiro atoms. The third-order valence-corrected chi connectivity index (χ3v) is 7.57. The number of ether oxygens (including phenoxy) is 2. The average molecular weight is 566 g/mol. The van der Waals surface area contributed by atoms with Gasteiger partial charge in [0.2, 0.25) is 0 Å². The third kappa shape index (κ3) is 5.59. The molecule has 0 radical (unpaired) electrons. The average Bonchev–Trinajstić information content (AvgIpc) is 3.46. The topological polar surface area (TPSA) is 120 Å². The van der Waals surface area contributed by atoms with Crippen molar-refractivity contribution in [3.05, 3.63) is 94.7 Å². The van der Waals surface area contributed by atoms with E-state index in [1.54, 1.807) is 32.5 Å². The molecule has 1 saturated heterocycles. The van der Waals surface area contributed by atoms with Crippen LogP contribution in [0.2, 0.25) is 0 Å². The van der Waals surface area contributed by atoms with Gasteiger partial charge in [0.25, 0.3) is 5.69 Å². The molecule has 0 atom stereocenters. The molecule has 2 aromatic heterocycles. The number of nitro groups is 1. The first kappa shape index (κ1) is 27.2. The normalized spacial score (nSPS) is 14.1. The molecule has 1 fully saturated rings. The minimum atomic E-state index is -0.418. The van der Waals surface area contributed by atoms with Gasteiger partial charge in [-0.1, -0.05) is 42.5 Å². The predicted octanol–water partition coefficient (Wildman–Crippen LogP) is 6.00. The molecule has 11 heteroatoms. The van der Waals surface area contributed by atoms with Crippen molar-refractivity contribution < 1.29 is 14.4 Å². The van der Waals surface area contributed by atoms with Crippen LogP contribution in [0.5, 0.6) is 11.5 Å². The van der Waals surface area contributed by atoms with Crippen molar-refractivity contribution in [2.45, 2.75) is 25.4 Å². The molecule has 0 unspecified atom stereocenters. The number of non-ortho nitro benzene ring substituents is 1. The number of likely N-dealkylation sites (tertiary alicyclic amines) is 1. The van der Waals surface area contributed by atoms with Gasteiger partial charge in [0.15, 0.2) is 23.0 Å². The zero-order valence-corrected chi connectivity index (χ0v) is 23.4. The zero-order chi connectivity index (χ0) is 29.1. The van der Waals surface area contributed by atoms with Gasteiger partial charge < -0.3 is 14.8 Å². The van der Waals surface area contributed by atoms with Crippen LogP contribution in [-0.4, -0.2) is 56.9 Å². The van der Waals surface area contributed by atoms with Crippen LogP contribution in [0.15, 0.2) is 79.0 Å². The molecule has 6 rings (SSSR count). The number of benzene rings is 3. The van der Waals surface area contributed by atoms with Crippen LogP contribution in [0.25, 0.3) is 22.4 Å². The van der Waals surface area contributed by atoms with E-state index in [9.17, 15) is 10.1 Å². The van der Waals surface area contributed by atoms with E-state index in [0.717, 1.165) is 43.5 Å². The summed E-state index contributed by atoms with van der Waals surface area (Å²) in [4.78, 5) is 23.2. The van der Waals surface area contributed by atoms with Gasteiger partial charge in [-0.3, -0.25) is 15.0 Å². The van der Waals surface area contributed by atoms with E-state index in [0.29, 0.717) is 34.4 Å². The first-order chi connectivity index (χ1) is 20.5. The standard InChI is InChI=1S/C31H31N7O4/c1-41-27-12-11-23(18-28(27)42-2)33-30-26-19-32-37(24-13-15-36(16-14-24)20-21-7-4-3-5-8-21)31(26)35-29(34-30)22-9-6-10-25(17-22)38(39)40/h3-12,17-19,24H,13-16,20H2,1-2H3,(H,33,34,35). The maximum absolute atomic E-state index is 11.5. The van der Waals surface area contributed by atoms with Crippen LogP contribution in [0, 0.1) is 10.1 Å². The Morgan fingerprint density at radius 1 is 0.952 bits per heavy atom. The van der Waals surface area contributed by atoms with Gasteiger partial charge in [0.1, 0.15) is 5.82 Å². The van der Waals surface area contributed by atoms with Gasteiger partial charge >= 0.3 is 0 Å². The largest absolute Gasteiger partial charge is 0.493 e. The van der Waals surface area contributed by atoms with Crippen molar-refractivity contribution in [1.82, 2.24) is 24.6 Å². The highest BCUT2D eigenvalue weighted by atomic mass is 16.6. The molecule has 3 heterocycles. The summed E-state index contributed by atoms with van der Waals surface area (Å²) in [6.07, 6.45) is 3.64. The van der Waals surface area contributed by atoms with Crippen molar-refractivity contribution in [2.75, 3.05) is 32.6 Å². The van der Waals surface area contributed by atoms with Crippen LogP contribution in [-0.2, 0) is 6.54 Å². The number of piperidine rings is 1. The zero-order valence-electron chi connectivity index (χ0n) is 23.4. The molecule has 0 amide bonds. The fourth-order valence-electron chi connectivity index (χ4n) is 5.39. The summed E-state index contributed by atoms with van der Waals surface area (Å²) in [5.74, 6) is 2.10. The van der Waals surface area contributed by atoms with Gasteiger partial charge in [0.05, 0.1) is 36.8 Å². The smallest absolute Gasteiger partial charge is 0.270 e. The minimum absolute atomic E-state index is 0.0232. The number of aromatic nitrogens is 4. The van der Waals surface area contributed by atoms with Gasteiger partial charge in [-0.2, -0.15) is 5.10 Å². The number of methoxy groups -OCH3 is 2. The lowest BCUT2D eigenvalue weighted by Crippen LogP contribution is -2.34. The lowest BCUT2D eigenvalue weighted by molar-refractivity contribution is -0.384. The van der Waals surface area contributed by atoms with Gasteiger partial charge in [0, 0.05) is 49.1 Å². The number of rotatable bonds is 9. The van der Waals surface area contributed by atoms with Crippen molar-refractivity contribution in [1.29, 1.82) is 0 Å². The summed E-state index contributed by atoms with van der Waals surface area (Å²) < 4.78 is 12.8. The monoisotopic (exact) mass is 565 g/mol. The number of fused-ring (bicyclic) bond motifs is 1. The Hall–Kier alpha value is -5.03. The molecule has 214 valence electrons. The molecular formula is C31H31N7O4. The van der Waals surface area contributed by atoms with Crippen molar-refractivity contribution in [2.24, 2.45) is 0 Å². The quantitative estimate of drug-likeness (QED) is 0.169. The Labute approximate surface area is 242 Å². The van der Waals surface area contributed by atoms with E-state index < -0.39 is 4.92 Å². The molecule has 5 aromatic rings. The molecule has 0 saturated carbocycles. The first-order valence-corrected chi connectivity index (χ1v) is 13.8. The summed E-state index contributed by atoms with van der Waals surface area (Å²) in [5.41, 5.74) is 3.24. The summed E-state index contributed by atoms with van der Waals surface area (Å²) >= 11 is 0. The number of nitro benzene ring substituents is 1. The minimum Gasteiger partial charge on any atom is -0.493 e. The predicted molar refractivity (Wildman–Crippen MR) is 160 cm³/mol. The Morgan fingerprint density at radius 3 is 2.48 bits per heavy atom. The van der Waals surface area contributed by atoms with E-state index in [1.165, 1.54) is 17.7 Å². The highest BCUT2D eigenvalue weighted by molar-refractivity contribution is 5.90. The van der Waals surface area contributed by atoms with E-state index in [1.807, 2.05) is 28.9 Å². The Balaban J connectivity index is 1.35. The second-order valence-electron chi connectivity index (χ2n) is 10.2. The summed E-state index contributed by atoms with van der Waals surface area (Å²) in [6.45, 7) is 2.81. The first-order valence-electron chi connectivity index (χ1n) is 13.8. The maximum Gasteiger partial charge on any atom is 0.270 e. The third-order valence-electron chi connectivity index (χ3n) is 7.57. The van der Waals surface area contributed by atoms with E-state index in [2.05, 4.69) is 34.5 Å². The van der Waals surface area contributed by atoms with E-state index in [-0.39, 0.29) is 11.7 Å². The van der Waals surface area contributed by atoms with Gasteiger partial charge in [-0.15, -0.1) is 0 Å². The lowest BCUT2D eigenvalue weighted by Gasteiger charge is -2.32. The summed E-state index contributed by atoms with van der Waals surface area (Å²) in [7, 11) is 3.17. The number of nitrogens with zero attached hydrogens (tertiary/aromatic N) is 6. The van der Waals surface area contributed by atoms with Crippen molar-refractivity contribution in [3.8, 4) is 22.9 Å². The highest BCUT2D eigenvalue weighted by Crippen LogP contribution is 2.35. The lowest BCUT2D eigenvalue weighted by atomic mass is 10.0. The number of hydrogen-bond acceptors (Lipinski definition) is 9. The Morgan fingerprint density at radius 2 is 1.74 bits per heavy atom. The SMILES string of the molecule is COc1ccc(Nc2nc(-c3cccc([N+](=O)[O-])c3)nc3c2cnn3C2CCN(Cc3ccccc3)CC2)cc1OC.